The van der Waals surface area contributed by atoms with Gasteiger partial charge in [0.2, 0.25) is 15.9 Å². The fourth-order valence-corrected chi connectivity index (χ4v) is 4.10. The van der Waals surface area contributed by atoms with Crippen LogP contribution in [-0.4, -0.2) is 45.1 Å². The first kappa shape index (κ1) is 23.1. The van der Waals surface area contributed by atoms with Gasteiger partial charge in [0, 0.05) is 43.3 Å². The quantitative estimate of drug-likeness (QED) is 0.588. The van der Waals surface area contributed by atoms with Gasteiger partial charge in [-0.15, -0.1) is 0 Å². The molecule has 1 amide bonds. The highest BCUT2D eigenvalue weighted by molar-refractivity contribution is 7.89. The molecule has 0 atom stereocenters. The van der Waals surface area contributed by atoms with Crippen molar-refractivity contribution < 1.29 is 18.0 Å². The molecule has 0 aliphatic carbocycles. The Labute approximate surface area is 177 Å². The smallest absolute Gasteiger partial charge is 0.242 e. The molecule has 0 saturated carbocycles. The van der Waals surface area contributed by atoms with Gasteiger partial charge >= 0.3 is 0 Å². The molecule has 0 N–H and O–H groups in total. The van der Waals surface area contributed by atoms with E-state index < -0.39 is 10.0 Å². The predicted octanol–water partition coefficient (Wildman–Crippen LogP) is 3.91. The van der Waals surface area contributed by atoms with Crippen LogP contribution in [0.3, 0.4) is 0 Å². The van der Waals surface area contributed by atoms with Crippen molar-refractivity contribution in [3.63, 3.8) is 0 Å². The molecule has 2 aromatic carbocycles. The SMILES string of the molecule is CC(=O)c1ccc(S(=O)(=O)N(C)CCCC(=O)N(C)c2ccc(C)c(Cl)c2)cc1. The van der Waals surface area contributed by atoms with Crippen molar-refractivity contribution in [3.05, 3.63) is 58.6 Å². The molecular formula is C21H25ClN2O4S. The third-order valence-electron chi connectivity index (χ3n) is 4.75. The van der Waals surface area contributed by atoms with Crippen molar-refractivity contribution in [2.75, 3.05) is 25.5 Å². The van der Waals surface area contributed by atoms with Crippen LogP contribution in [-0.2, 0) is 14.8 Å². The molecule has 0 saturated heterocycles. The van der Waals surface area contributed by atoms with Crippen molar-refractivity contribution in [3.8, 4) is 0 Å². The zero-order valence-corrected chi connectivity index (χ0v) is 18.5. The summed E-state index contributed by atoms with van der Waals surface area (Å²) in [6, 6.07) is 11.2. The van der Waals surface area contributed by atoms with Crippen LogP contribution in [0.15, 0.2) is 47.4 Å². The lowest BCUT2D eigenvalue weighted by molar-refractivity contribution is -0.118. The topological polar surface area (TPSA) is 74.8 Å². The molecule has 2 rings (SSSR count). The van der Waals surface area contributed by atoms with E-state index in [2.05, 4.69) is 0 Å². The van der Waals surface area contributed by atoms with Crippen LogP contribution < -0.4 is 4.90 Å². The molecule has 8 heteroatoms. The molecule has 0 spiro atoms. The zero-order valence-electron chi connectivity index (χ0n) is 17.0. The van der Waals surface area contributed by atoms with E-state index in [9.17, 15) is 18.0 Å². The third kappa shape index (κ3) is 5.65. The van der Waals surface area contributed by atoms with Crippen molar-refractivity contribution in [1.82, 2.24) is 4.31 Å². The maximum atomic E-state index is 12.6. The molecule has 29 heavy (non-hydrogen) atoms. The first-order valence-corrected chi connectivity index (χ1v) is 11.0. The molecule has 0 aliphatic rings. The van der Waals surface area contributed by atoms with Gasteiger partial charge in [-0.25, -0.2) is 12.7 Å². The highest BCUT2D eigenvalue weighted by atomic mass is 35.5. The number of amides is 1. The summed E-state index contributed by atoms with van der Waals surface area (Å²) in [5.74, 6) is -0.249. The molecule has 0 heterocycles. The van der Waals surface area contributed by atoms with E-state index in [1.807, 2.05) is 19.1 Å². The summed E-state index contributed by atoms with van der Waals surface area (Å²) in [7, 11) is -0.541. The summed E-state index contributed by atoms with van der Waals surface area (Å²) >= 11 is 6.11. The Morgan fingerprint density at radius 3 is 2.21 bits per heavy atom. The van der Waals surface area contributed by atoms with Crippen LogP contribution in [0.1, 0.15) is 35.7 Å². The number of halogens is 1. The molecule has 0 unspecified atom stereocenters. The summed E-state index contributed by atoms with van der Waals surface area (Å²) in [4.78, 5) is 25.4. The maximum Gasteiger partial charge on any atom is 0.242 e. The second-order valence-corrected chi connectivity index (χ2v) is 9.35. The van der Waals surface area contributed by atoms with Gasteiger partial charge < -0.3 is 4.90 Å². The molecule has 0 fully saturated rings. The van der Waals surface area contributed by atoms with Crippen LogP contribution in [0.5, 0.6) is 0 Å². The van der Waals surface area contributed by atoms with Gasteiger partial charge in [0.1, 0.15) is 0 Å². The minimum Gasteiger partial charge on any atom is -0.315 e. The number of anilines is 1. The normalized spacial score (nSPS) is 11.5. The number of hydrogen-bond donors (Lipinski definition) is 0. The summed E-state index contributed by atoms with van der Waals surface area (Å²) in [6.45, 7) is 3.51. The molecule has 2 aromatic rings. The molecule has 0 aromatic heterocycles. The van der Waals surface area contributed by atoms with Gasteiger partial charge in [0.15, 0.2) is 5.78 Å². The van der Waals surface area contributed by atoms with Crippen LogP contribution in [0, 0.1) is 6.92 Å². The van der Waals surface area contributed by atoms with Gasteiger partial charge in [-0.1, -0.05) is 29.8 Å². The lowest BCUT2D eigenvalue weighted by Gasteiger charge is -2.20. The lowest BCUT2D eigenvalue weighted by atomic mass is 10.2. The molecule has 156 valence electrons. The number of ketones is 1. The van der Waals surface area contributed by atoms with E-state index in [1.54, 1.807) is 13.1 Å². The van der Waals surface area contributed by atoms with E-state index in [4.69, 9.17) is 11.6 Å². The number of carbonyl (C=O) groups is 2. The summed E-state index contributed by atoms with van der Waals surface area (Å²) < 4.78 is 26.5. The van der Waals surface area contributed by atoms with Gasteiger partial charge in [0.05, 0.1) is 4.90 Å². The number of sulfonamides is 1. The molecule has 0 bridgehead atoms. The Hall–Kier alpha value is -2.22. The van der Waals surface area contributed by atoms with E-state index in [0.29, 0.717) is 22.7 Å². The summed E-state index contributed by atoms with van der Waals surface area (Å²) in [6.07, 6.45) is 0.579. The van der Waals surface area contributed by atoms with E-state index in [-0.39, 0.29) is 29.6 Å². The van der Waals surface area contributed by atoms with E-state index in [1.165, 1.54) is 47.4 Å². The summed E-state index contributed by atoms with van der Waals surface area (Å²) in [5, 5.41) is 0.587. The summed E-state index contributed by atoms with van der Waals surface area (Å²) in [5.41, 5.74) is 2.08. The number of Topliss-reactive ketones (excluding diaryl/α,β-unsaturated/α-hetero) is 1. The monoisotopic (exact) mass is 436 g/mol. The number of benzene rings is 2. The Kier molecular flexibility index (Phi) is 7.57. The fraction of sp³-hybridized carbons (Fsp3) is 0.333. The largest absolute Gasteiger partial charge is 0.315 e. The maximum absolute atomic E-state index is 12.6. The second kappa shape index (κ2) is 9.52. The van der Waals surface area contributed by atoms with E-state index >= 15 is 0 Å². The highest BCUT2D eigenvalue weighted by Gasteiger charge is 2.21. The molecule has 6 nitrogen and oxygen atoms in total. The van der Waals surface area contributed by atoms with Gasteiger partial charge in [-0.05, 0) is 50.1 Å². The first-order valence-electron chi connectivity index (χ1n) is 9.14. The number of aryl methyl sites for hydroxylation is 1. The minimum atomic E-state index is -3.68. The van der Waals surface area contributed by atoms with Crippen LogP contribution in [0.4, 0.5) is 5.69 Å². The Balaban J connectivity index is 1.95. The highest BCUT2D eigenvalue weighted by Crippen LogP contribution is 2.23. The fourth-order valence-electron chi connectivity index (χ4n) is 2.72. The Morgan fingerprint density at radius 1 is 1.03 bits per heavy atom. The number of carbonyl (C=O) groups excluding carboxylic acids is 2. The van der Waals surface area contributed by atoms with Crippen LogP contribution in [0.2, 0.25) is 5.02 Å². The molecular weight excluding hydrogens is 412 g/mol. The standard InChI is InChI=1S/C21H25ClN2O4S/c1-15-7-10-18(14-20(15)22)24(4)21(26)6-5-13-23(3)29(27,28)19-11-8-17(9-12-19)16(2)25/h7-12,14H,5-6,13H2,1-4H3. The zero-order chi connectivity index (χ0) is 21.8. The van der Waals surface area contributed by atoms with Crippen LogP contribution in [0.25, 0.3) is 0 Å². The number of nitrogens with zero attached hydrogens (tertiary/aromatic N) is 2. The van der Waals surface area contributed by atoms with Crippen LogP contribution >= 0.6 is 11.6 Å². The Morgan fingerprint density at radius 2 is 1.66 bits per heavy atom. The Bertz CT molecular complexity index is 1000. The average molecular weight is 437 g/mol. The predicted molar refractivity (Wildman–Crippen MR) is 115 cm³/mol. The third-order valence-corrected chi connectivity index (χ3v) is 7.03. The van der Waals surface area contributed by atoms with Crippen molar-refractivity contribution in [2.45, 2.75) is 31.6 Å². The second-order valence-electron chi connectivity index (χ2n) is 6.90. The molecule has 0 radical (unpaired) electrons. The minimum absolute atomic E-state index is 0.114. The van der Waals surface area contributed by atoms with Gasteiger partial charge in [0.25, 0.3) is 0 Å². The van der Waals surface area contributed by atoms with Crippen molar-refractivity contribution in [1.29, 1.82) is 0 Å². The van der Waals surface area contributed by atoms with Gasteiger partial charge in [-0.2, -0.15) is 0 Å². The molecule has 0 aliphatic heterocycles. The lowest BCUT2D eigenvalue weighted by Crippen LogP contribution is -2.30. The van der Waals surface area contributed by atoms with Crippen molar-refractivity contribution >= 4 is 39.0 Å². The van der Waals surface area contributed by atoms with Gasteiger partial charge in [-0.3, -0.25) is 9.59 Å². The number of rotatable bonds is 8. The first-order chi connectivity index (χ1) is 13.5. The van der Waals surface area contributed by atoms with E-state index in [0.717, 1.165) is 5.56 Å². The average Bonchev–Trinajstić information content (AvgIpc) is 2.69. The number of hydrogen-bond acceptors (Lipinski definition) is 4. The van der Waals surface area contributed by atoms with Crippen molar-refractivity contribution in [2.24, 2.45) is 0 Å².